The van der Waals surface area contributed by atoms with Crippen LogP contribution in [0.4, 0.5) is 5.69 Å². The third-order valence-electron chi connectivity index (χ3n) is 4.06. The van der Waals surface area contributed by atoms with Crippen molar-refractivity contribution in [1.82, 2.24) is 4.98 Å². The van der Waals surface area contributed by atoms with Crippen LogP contribution in [-0.2, 0) is 11.3 Å². The highest BCUT2D eigenvalue weighted by atomic mass is 79.9. The lowest BCUT2D eigenvalue weighted by molar-refractivity contribution is -0.686. The van der Waals surface area contributed by atoms with Crippen molar-refractivity contribution in [1.29, 1.82) is 0 Å². The molecule has 2 heterocycles. The third kappa shape index (κ3) is 5.66. The van der Waals surface area contributed by atoms with Crippen molar-refractivity contribution in [2.75, 3.05) is 5.32 Å². The van der Waals surface area contributed by atoms with Crippen LogP contribution in [-0.4, -0.2) is 10.9 Å². The SMILES string of the molecule is Br.O=C(C[n+]1ccc(-c2cccs2)nc1)Nc1cc(Cl)ccc1Oc1ccccc1. The Bertz CT molecular complexity index is 1110. The number of benzene rings is 2. The molecule has 0 aliphatic carbocycles. The van der Waals surface area contributed by atoms with Gasteiger partial charge in [-0.15, -0.1) is 28.3 Å². The van der Waals surface area contributed by atoms with Gasteiger partial charge in [0.2, 0.25) is 0 Å². The topological polar surface area (TPSA) is 55.1 Å². The quantitative estimate of drug-likeness (QED) is 0.340. The van der Waals surface area contributed by atoms with Crippen molar-refractivity contribution >= 4 is 51.5 Å². The number of thiophene rings is 1. The van der Waals surface area contributed by atoms with E-state index in [0.29, 0.717) is 22.2 Å². The van der Waals surface area contributed by atoms with Crippen LogP contribution in [0.2, 0.25) is 5.02 Å². The van der Waals surface area contributed by atoms with E-state index in [4.69, 9.17) is 16.3 Å². The first-order valence-electron chi connectivity index (χ1n) is 8.89. The largest absolute Gasteiger partial charge is 0.455 e. The van der Waals surface area contributed by atoms with Gasteiger partial charge >= 0.3 is 0 Å². The monoisotopic (exact) mass is 502 g/mol. The molecule has 4 aromatic rings. The molecule has 2 aromatic carbocycles. The molecule has 0 aliphatic heterocycles. The van der Waals surface area contributed by atoms with E-state index in [-0.39, 0.29) is 29.4 Å². The fourth-order valence-electron chi connectivity index (χ4n) is 2.71. The van der Waals surface area contributed by atoms with E-state index in [1.165, 1.54) is 0 Å². The van der Waals surface area contributed by atoms with E-state index in [1.807, 2.05) is 60.1 Å². The molecule has 0 unspecified atom stereocenters. The predicted molar refractivity (Wildman–Crippen MR) is 125 cm³/mol. The molecule has 0 spiro atoms. The molecule has 0 atom stereocenters. The lowest BCUT2D eigenvalue weighted by Gasteiger charge is -2.12. The number of aromatic nitrogens is 2. The van der Waals surface area contributed by atoms with Gasteiger partial charge in [0, 0.05) is 11.1 Å². The van der Waals surface area contributed by atoms with Gasteiger partial charge in [0.05, 0.1) is 16.8 Å². The van der Waals surface area contributed by atoms with Crippen molar-refractivity contribution in [3.8, 4) is 22.1 Å². The van der Waals surface area contributed by atoms with Gasteiger partial charge in [-0.3, -0.25) is 4.79 Å². The van der Waals surface area contributed by atoms with Crippen molar-refractivity contribution < 1.29 is 14.1 Å². The Hall–Kier alpha value is -2.74. The van der Waals surface area contributed by atoms with Gasteiger partial charge in [-0.1, -0.05) is 35.9 Å². The summed E-state index contributed by atoms with van der Waals surface area (Å²) in [4.78, 5) is 18.1. The van der Waals surface area contributed by atoms with Crippen molar-refractivity contribution in [3.05, 3.63) is 89.7 Å². The molecule has 30 heavy (non-hydrogen) atoms. The van der Waals surface area contributed by atoms with Gasteiger partial charge in [-0.25, -0.2) is 4.57 Å². The van der Waals surface area contributed by atoms with Crippen LogP contribution in [0.3, 0.4) is 0 Å². The Balaban J connectivity index is 0.00000256. The first-order valence-corrected chi connectivity index (χ1v) is 10.1. The number of rotatable bonds is 6. The minimum absolute atomic E-state index is 0. The van der Waals surface area contributed by atoms with E-state index < -0.39 is 0 Å². The van der Waals surface area contributed by atoms with E-state index in [1.54, 1.807) is 40.4 Å². The predicted octanol–water partition coefficient (Wildman–Crippen LogP) is 5.76. The highest BCUT2D eigenvalue weighted by Crippen LogP contribution is 2.32. The maximum atomic E-state index is 12.6. The molecule has 8 heteroatoms. The van der Waals surface area contributed by atoms with E-state index in [2.05, 4.69) is 10.3 Å². The van der Waals surface area contributed by atoms with Crippen molar-refractivity contribution in [2.45, 2.75) is 6.54 Å². The van der Waals surface area contributed by atoms with E-state index in [0.717, 1.165) is 10.6 Å². The maximum absolute atomic E-state index is 12.6. The number of amides is 1. The van der Waals surface area contributed by atoms with Gasteiger partial charge in [-0.05, 0) is 46.8 Å². The molecule has 1 N–H and O–H groups in total. The lowest BCUT2D eigenvalue weighted by atomic mass is 10.2. The molecule has 1 amide bonds. The second kappa shape index (κ2) is 10.3. The number of nitrogens with zero attached hydrogens (tertiary/aromatic N) is 2. The number of halogens is 2. The Morgan fingerprint density at radius 3 is 2.63 bits per heavy atom. The lowest BCUT2D eigenvalue weighted by Crippen LogP contribution is -2.40. The van der Waals surface area contributed by atoms with Gasteiger partial charge < -0.3 is 10.1 Å². The zero-order chi connectivity index (χ0) is 20.1. The fourth-order valence-corrected chi connectivity index (χ4v) is 3.58. The second-order valence-corrected chi connectivity index (χ2v) is 7.58. The number of carbonyl (C=O) groups is 1. The smallest absolute Gasteiger partial charge is 0.287 e. The molecule has 0 aliphatic rings. The van der Waals surface area contributed by atoms with Gasteiger partial charge in [0.25, 0.3) is 12.2 Å². The van der Waals surface area contributed by atoms with Gasteiger partial charge in [0.15, 0.2) is 18.0 Å². The Kier molecular flexibility index (Phi) is 7.57. The zero-order valence-electron chi connectivity index (χ0n) is 15.7. The minimum Gasteiger partial charge on any atom is -0.455 e. The van der Waals surface area contributed by atoms with Crippen LogP contribution in [0.1, 0.15) is 0 Å². The Morgan fingerprint density at radius 2 is 1.93 bits per heavy atom. The molecule has 2 aromatic heterocycles. The van der Waals surface area contributed by atoms with E-state index in [9.17, 15) is 4.79 Å². The first kappa shape index (κ1) is 22.0. The summed E-state index contributed by atoms with van der Waals surface area (Å²) in [5.74, 6) is 0.985. The highest BCUT2D eigenvalue weighted by molar-refractivity contribution is 8.93. The highest BCUT2D eigenvalue weighted by Gasteiger charge is 2.14. The van der Waals surface area contributed by atoms with Crippen LogP contribution < -0.4 is 14.6 Å². The normalized spacial score (nSPS) is 10.2. The minimum atomic E-state index is -0.208. The number of hydrogen-bond acceptors (Lipinski definition) is 4. The maximum Gasteiger partial charge on any atom is 0.287 e. The number of para-hydroxylation sites is 1. The summed E-state index contributed by atoms with van der Waals surface area (Å²) in [6, 6.07) is 20.4. The van der Waals surface area contributed by atoms with Crippen molar-refractivity contribution in [2.24, 2.45) is 0 Å². The summed E-state index contributed by atoms with van der Waals surface area (Å²) < 4.78 is 7.60. The van der Waals surface area contributed by atoms with Crippen LogP contribution >= 0.6 is 39.9 Å². The second-order valence-electron chi connectivity index (χ2n) is 6.20. The summed E-state index contributed by atoms with van der Waals surface area (Å²) in [6.45, 7) is 0.120. The third-order valence-corrected chi connectivity index (χ3v) is 5.18. The molecule has 0 radical (unpaired) electrons. The summed E-state index contributed by atoms with van der Waals surface area (Å²) in [6.07, 6.45) is 3.48. The fraction of sp³-hybridized carbons (Fsp3) is 0.0455. The first-order chi connectivity index (χ1) is 14.2. The van der Waals surface area contributed by atoms with Crippen LogP contribution in [0.25, 0.3) is 10.6 Å². The Morgan fingerprint density at radius 1 is 1.10 bits per heavy atom. The van der Waals surface area contributed by atoms with Crippen molar-refractivity contribution in [3.63, 3.8) is 0 Å². The summed E-state index contributed by atoms with van der Waals surface area (Å²) in [7, 11) is 0. The molecule has 0 saturated heterocycles. The molecule has 5 nitrogen and oxygen atoms in total. The molecule has 0 saturated carbocycles. The number of hydrogen-bond donors (Lipinski definition) is 1. The number of carbonyl (C=O) groups excluding carboxylic acids is 1. The molecule has 0 fully saturated rings. The van der Waals surface area contributed by atoms with Crippen LogP contribution in [0, 0.1) is 0 Å². The van der Waals surface area contributed by atoms with E-state index >= 15 is 0 Å². The summed E-state index contributed by atoms with van der Waals surface area (Å²) in [5.41, 5.74) is 1.39. The van der Waals surface area contributed by atoms with Gasteiger partial charge in [0.1, 0.15) is 5.75 Å². The molecule has 0 bridgehead atoms. The molecular formula is C22H18BrClN3O2S+. The van der Waals surface area contributed by atoms with Gasteiger partial charge in [-0.2, -0.15) is 0 Å². The molecule has 4 rings (SSSR count). The number of ether oxygens (including phenoxy) is 1. The average molecular weight is 504 g/mol. The molecular weight excluding hydrogens is 486 g/mol. The standard InChI is InChI=1S/C22H16ClN3O2S.BrH/c23-16-8-9-20(28-17-5-2-1-3-6-17)19(13-16)25-22(27)14-26-11-10-18(24-15-26)21-7-4-12-29-21;/h1-13,15H,14H2;1H/p+1. The summed E-state index contributed by atoms with van der Waals surface area (Å²) >= 11 is 7.73. The van der Waals surface area contributed by atoms with Crippen LogP contribution in [0.5, 0.6) is 11.5 Å². The zero-order valence-corrected chi connectivity index (χ0v) is 19.0. The van der Waals surface area contributed by atoms with Crippen LogP contribution in [0.15, 0.2) is 84.6 Å². The number of anilines is 1. The molecule has 152 valence electrons. The summed E-state index contributed by atoms with van der Waals surface area (Å²) in [5, 5.41) is 5.38. The average Bonchev–Trinajstić information content (AvgIpc) is 3.26. The number of nitrogens with one attached hydrogen (secondary N) is 1. The Labute approximate surface area is 193 Å².